The lowest BCUT2D eigenvalue weighted by Crippen LogP contribution is -2.19. The molecular weight excluding hydrogens is 360 g/mol. The Morgan fingerprint density at radius 1 is 1.07 bits per heavy atom. The zero-order valence-electron chi connectivity index (χ0n) is 15.9. The third-order valence-electron chi connectivity index (χ3n) is 4.35. The molecule has 2 aromatic carbocycles. The number of esters is 1. The predicted molar refractivity (Wildman–Crippen MR) is 104 cm³/mol. The number of Topliss-reactive ketones (excluding diaryl/α,β-unsaturated/α-hetero) is 1. The summed E-state index contributed by atoms with van der Waals surface area (Å²) in [4.78, 5) is 36.1. The minimum atomic E-state index is -0.670. The molecule has 0 N–H and O–H groups in total. The first-order chi connectivity index (χ1) is 13.4. The van der Waals surface area contributed by atoms with Crippen LogP contribution in [-0.2, 0) is 11.2 Å². The van der Waals surface area contributed by atoms with E-state index in [1.807, 2.05) is 19.1 Å². The Labute approximate surface area is 161 Å². The van der Waals surface area contributed by atoms with Crippen molar-refractivity contribution in [3.05, 3.63) is 69.6 Å². The summed E-state index contributed by atoms with van der Waals surface area (Å²) in [6.07, 6.45) is 0.910. The van der Waals surface area contributed by atoms with Crippen LogP contribution >= 0.6 is 0 Å². The summed E-state index contributed by atoms with van der Waals surface area (Å²) in [5.41, 5.74) is 1.42. The molecule has 6 nitrogen and oxygen atoms in total. The molecule has 0 fully saturated rings. The van der Waals surface area contributed by atoms with Crippen molar-refractivity contribution >= 4 is 22.7 Å². The highest BCUT2D eigenvalue weighted by Gasteiger charge is 2.19. The van der Waals surface area contributed by atoms with E-state index in [4.69, 9.17) is 13.9 Å². The van der Waals surface area contributed by atoms with Gasteiger partial charge in [-0.25, -0.2) is 9.59 Å². The van der Waals surface area contributed by atoms with Gasteiger partial charge in [-0.3, -0.25) is 4.79 Å². The maximum absolute atomic E-state index is 12.2. The lowest BCUT2D eigenvalue weighted by Gasteiger charge is -2.11. The minimum absolute atomic E-state index is 0.0312. The van der Waals surface area contributed by atoms with E-state index in [2.05, 4.69) is 0 Å². The summed E-state index contributed by atoms with van der Waals surface area (Å²) in [7, 11) is 0. The van der Waals surface area contributed by atoms with Crippen molar-refractivity contribution in [1.29, 1.82) is 0 Å². The molecule has 0 saturated carbocycles. The Kier molecular flexibility index (Phi) is 5.59. The fourth-order valence-electron chi connectivity index (χ4n) is 2.90. The van der Waals surface area contributed by atoms with E-state index >= 15 is 0 Å². The van der Waals surface area contributed by atoms with Crippen LogP contribution in [-0.4, -0.2) is 18.4 Å². The Morgan fingerprint density at radius 3 is 2.43 bits per heavy atom. The smallest absolute Gasteiger partial charge is 0.349 e. The van der Waals surface area contributed by atoms with Crippen molar-refractivity contribution in [3.8, 4) is 11.5 Å². The second kappa shape index (κ2) is 8.08. The van der Waals surface area contributed by atoms with Crippen LogP contribution in [0.2, 0.25) is 0 Å². The molecule has 144 valence electrons. The molecule has 28 heavy (non-hydrogen) atoms. The minimum Gasteiger partial charge on any atom is -0.482 e. The highest BCUT2D eigenvalue weighted by molar-refractivity contribution is 6.08. The Hall–Kier alpha value is -3.41. The first-order valence-corrected chi connectivity index (χ1v) is 8.90. The molecule has 0 aliphatic carbocycles. The number of carbonyl (C=O) groups is 2. The van der Waals surface area contributed by atoms with Crippen LogP contribution in [0.4, 0.5) is 0 Å². The van der Waals surface area contributed by atoms with Gasteiger partial charge in [-0.1, -0.05) is 19.1 Å². The number of ether oxygens (including phenoxy) is 2. The molecule has 0 atom stereocenters. The summed E-state index contributed by atoms with van der Waals surface area (Å²) in [5.74, 6) is -0.473. The fourth-order valence-corrected chi connectivity index (χ4v) is 2.90. The van der Waals surface area contributed by atoms with Crippen molar-refractivity contribution in [1.82, 2.24) is 0 Å². The van der Waals surface area contributed by atoms with Crippen LogP contribution in [0.15, 0.2) is 51.7 Å². The van der Waals surface area contributed by atoms with E-state index in [9.17, 15) is 14.4 Å². The fraction of sp³-hybridized carbons (Fsp3) is 0.227. The number of hydrogen-bond acceptors (Lipinski definition) is 6. The summed E-state index contributed by atoms with van der Waals surface area (Å²) in [6.45, 7) is 4.79. The lowest BCUT2D eigenvalue weighted by atomic mass is 10.0. The van der Waals surface area contributed by atoms with Crippen LogP contribution in [0.5, 0.6) is 11.5 Å². The quantitative estimate of drug-likeness (QED) is 0.280. The number of fused-ring (bicyclic) bond motifs is 1. The molecule has 0 saturated heterocycles. The highest BCUT2D eigenvalue weighted by atomic mass is 16.6. The summed E-state index contributed by atoms with van der Waals surface area (Å²) < 4.78 is 16.0. The van der Waals surface area contributed by atoms with Crippen molar-refractivity contribution in [2.75, 3.05) is 6.61 Å². The Bertz CT molecular complexity index is 1090. The molecule has 6 heteroatoms. The van der Waals surface area contributed by atoms with Crippen molar-refractivity contribution in [2.45, 2.75) is 27.2 Å². The predicted octanol–water partition coefficient (Wildman–Crippen LogP) is 3.85. The molecular formula is C22H20O6. The number of carbonyl (C=O) groups excluding carboxylic acids is 2. The van der Waals surface area contributed by atoms with Gasteiger partial charge in [0.25, 0.3) is 0 Å². The average molecular weight is 380 g/mol. The van der Waals surface area contributed by atoms with Gasteiger partial charge in [0, 0.05) is 11.5 Å². The van der Waals surface area contributed by atoms with E-state index < -0.39 is 11.6 Å². The third-order valence-corrected chi connectivity index (χ3v) is 4.35. The molecule has 0 aliphatic rings. The van der Waals surface area contributed by atoms with Gasteiger partial charge in [0.15, 0.2) is 18.0 Å². The number of benzene rings is 2. The van der Waals surface area contributed by atoms with Gasteiger partial charge in [-0.2, -0.15) is 0 Å². The monoisotopic (exact) mass is 380 g/mol. The number of hydrogen-bond donors (Lipinski definition) is 0. The van der Waals surface area contributed by atoms with Crippen LogP contribution in [0.3, 0.4) is 0 Å². The topological polar surface area (TPSA) is 82.8 Å². The first-order valence-electron chi connectivity index (χ1n) is 8.90. The Balaban J connectivity index is 1.82. The maximum Gasteiger partial charge on any atom is 0.349 e. The molecule has 0 unspecified atom stereocenters. The van der Waals surface area contributed by atoms with E-state index in [1.54, 1.807) is 25.1 Å². The van der Waals surface area contributed by atoms with Crippen LogP contribution < -0.4 is 15.1 Å². The van der Waals surface area contributed by atoms with Crippen molar-refractivity contribution < 1.29 is 23.5 Å². The van der Waals surface area contributed by atoms with E-state index in [0.717, 1.165) is 12.0 Å². The number of rotatable bonds is 6. The summed E-state index contributed by atoms with van der Waals surface area (Å²) >= 11 is 0. The molecule has 0 radical (unpaired) electrons. The van der Waals surface area contributed by atoms with E-state index in [1.165, 1.54) is 19.1 Å². The number of ketones is 1. The highest BCUT2D eigenvalue weighted by Crippen LogP contribution is 2.29. The molecule has 1 heterocycles. The lowest BCUT2D eigenvalue weighted by molar-refractivity contribution is -0.136. The van der Waals surface area contributed by atoms with E-state index in [0.29, 0.717) is 16.7 Å². The third kappa shape index (κ3) is 4.11. The van der Waals surface area contributed by atoms with Gasteiger partial charge >= 0.3 is 11.6 Å². The van der Waals surface area contributed by atoms with Crippen molar-refractivity contribution in [2.24, 2.45) is 0 Å². The summed E-state index contributed by atoms with van der Waals surface area (Å²) in [5, 5.41) is 0.608. The number of aryl methyl sites for hydroxylation is 2. The zero-order chi connectivity index (χ0) is 20.3. The standard InChI is InChI=1S/C22H20O6/c1-4-15-5-7-16(8-6-15)26-12-20(25)27-18-10-9-17-13(2)11-19(24)28-22(17)21(18)14(3)23/h5-11H,4,12H2,1-3H3. The van der Waals surface area contributed by atoms with Gasteiger partial charge in [-0.05, 0) is 55.7 Å². The van der Waals surface area contributed by atoms with Crippen LogP contribution in [0, 0.1) is 6.92 Å². The summed E-state index contributed by atoms with van der Waals surface area (Å²) in [6, 6.07) is 11.9. The Morgan fingerprint density at radius 2 is 1.79 bits per heavy atom. The van der Waals surface area contributed by atoms with Gasteiger partial charge in [0.05, 0.1) is 0 Å². The molecule has 0 spiro atoms. The van der Waals surface area contributed by atoms with Gasteiger partial charge in [0.1, 0.15) is 17.1 Å². The zero-order valence-corrected chi connectivity index (χ0v) is 15.9. The van der Waals surface area contributed by atoms with E-state index in [-0.39, 0.29) is 29.3 Å². The largest absolute Gasteiger partial charge is 0.482 e. The molecule has 3 aromatic rings. The van der Waals surface area contributed by atoms with Gasteiger partial charge < -0.3 is 13.9 Å². The van der Waals surface area contributed by atoms with Crippen molar-refractivity contribution in [3.63, 3.8) is 0 Å². The molecule has 0 aliphatic heterocycles. The molecule has 0 amide bonds. The van der Waals surface area contributed by atoms with Crippen LogP contribution in [0.1, 0.15) is 35.3 Å². The first kappa shape index (κ1) is 19.4. The maximum atomic E-state index is 12.2. The molecule has 0 bridgehead atoms. The second-order valence-corrected chi connectivity index (χ2v) is 6.38. The molecule has 3 rings (SSSR count). The normalized spacial score (nSPS) is 10.7. The van der Waals surface area contributed by atoms with Gasteiger partial charge in [0.2, 0.25) is 0 Å². The average Bonchev–Trinajstić information content (AvgIpc) is 2.66. The van der Waals surface area contributed by atoms with Crippen LogP contribution in [0.25, 0.3) is 11.0 Å². The second-order valence-electron chi connectivity index (χ2n) is 6.38. The molecule has 1 aromatic heterocycles. The SMILES string of the molecule is CCc1ccc(OCC(=O)Oc2ccc3c(C)cc(=O)oc3c2C(C)=O)cc1. The van der Waals surface area contributed by atoms with Gasteiger partial charge in [-0.15, -0.1) is 0 Å².